The number of rotatable bonds is 4. The second kappa shape index (κ2) is 6.17. The summed E-state index contributed by atoms with van der Waals surface area (Å²) >= 11 is 1.14. The highest BCUT2D eigenvalue weighted by atomic mass is 32.1. The molecule has 1 aromatic heterocycles. The Kier molecular flexibility index (Phi) is 4.33. The number of nitrogens with one attached hydrogen (secondary N) is 1. The molecule has 0 aliphatic rings. The van der Waals surface area contributed by atoms with E-state index in [1.165, 1.54) is 0 Å². The minimum absolute atomic E-state index is 0.0475. The monoisotopic (exact) mass is 287 g/mol. The average molecular weight is 287 g/mol. The van der Waals surface area contributed by atoms with Crippen LogP contribution in [-0.4, -0.2) is 10.5 Å². The molecular weight excluding hydrogens is 274 g/mol. The molecule has 0 bridgehead atoms. The van der Waals surface area contributed by atoms with Crippen molar-refractivity contribution < 1.29 is 4.79 Å². The van der Waals surface area contributed by atoms with Gasteiger partial charge in [-0.15, -0.1) is 0 Å². The lowest BCUT2D eigenvalue weighted by Crippen LogP contribution is -2.20. The van der Waals surface area contributed by atoms with Crippen LogP contribution in [0.5, 0.6) is 0 Å². The molecule has 102 valence electrons. The van der Waals surface area contributed by atoms with E-state index in [0.717, 1.165) is 17.0 Å². The van der Waals surface area contributed by atoms with Gasteiger partial charge in [-0.2, -0.15) is 5.26 Å². The molecule has 0 aliphatic heterocycles. The maximum absolute atomic E-state index is 11.8. The van der Waals surface area contributed by atoms with Crippen LogP contribution < -0.4 is 10.2 Å². The van der Waals surface area contributed by atoms with E-state index in [9.17, 15) is 9.59 Å². The van der Waals surface area contributed by atoms with E-state index < -0.39 is 0 Å². The van der Waals surface area contributed by atoms with Gasteiger partial charge in [-0.1, -0.05) is 11.3 Å². The van der Waals surface area contributed by atoms with Gasteiger partial charge in [0.25, 0.3) is 0 Å². The molecule has 0 aliphatic carbocycles. The van der Waals surface area contributed by atoms with Crippen LogP contribution in [0.2, 0.25) is 0 Å². The Morgan fingerprint density at radius 2 is 2.10 bits per heavy atom. The topological polar surface area (TPSA) is 74.9 Å². The highest BCUT2D eigenvalue weighted by Gasteiger charge is 2.06. The van der Waals surface area contributed by atoms with Crippen molar-refractivity contribution >= 4 is 22.9 Å². The smallest absolute Gasteiger partial charge is 0.307 e. The van der Waals surface area contributed by atoms with Crippen molar-refractivity contribution in [3.05, 3.63) is 50.6 Å². The average Bonchev–Trinajstić information content (AvgIpc) is 2.77. The molecule has 0 radical (unpaired) electrons. The highest BCUT2D eigenvalue weighted by Crippen LogP contribution is 2.09. The van der Waals surface area contributed by atoms with Crippen LogP contribution in [0.15, 0.2) is 34.4 Å². The van der Waals surface area contributed by atoms with Crippen LogP contribution in [0.3, 0.4) is 0 Å². The van der Waals surface area contributed by atoms with Gasteiger partial charge >= 0.3 is 4.87 Å². The zero-order chi connectivity index (χ0) is 14.5. The van der Waals surface area contributed by atoms with E-state index in [2.05, 4.69) is 5.32 Å². The number of hydrogen-bond acceptors (Lipinski definition) is 4. The van der Waals surface area contributed by atoms with E-state index in [-0.39, 0.29) is 17.2 Å². The number of carbonyl (C=O) groups excluding carboxylic acids is 1. The Balaban J connectivity index is 1.93. The van der Waals surface area contributed by atoms with E-state index in [1.807, 2.05) is 13.0 Å². The minimum Gasteiger partial charge on any atom is -0.326 e. The number of carbonyl (C=O) groups is 1. The molecule has 6 heteroatoms. The molecule has 0 saturated heterocycles. The first-order valence-corrected chi connectivity index (χ1v) is 6.93. The Hall–Kier alpha value is -2.39. The van der Waals surface area contributed by atoms with Crippen molar-refractivity contribution in [3.8, 4) is 6.07 Å². The van der Waals surface area contributed by atoms with Gasteiger partial charge in [-0.05, 0) is 31.2 Å². The summed E-state index contributed by atoms with van der Waals surface area (Å²) < 4.78 is 1.59. The molecule has 0 fully saturated rings. The summed E-state index contributed by atoms with van der Waals surface area (Å²) in [6.45, 7) is 2.21. The normalized spacial score (nSPS) is 10.0. The Labute approximate surface area is 120 Å². The number of benzene rings is 1. The van der Waals surface area contributed by atoms with Crippen molar-refractivity contribution in [3.63, 3.8) is 0 Å². The summed E-state index contributed by atoms with van der Waals surface area (Å²) in [6.07, 6.45) is 0.234. The third kappa shape index (κ3) is 3.33. The zero-order valence-corrected chi connectivity index (χ0v) is 11.7. The lowest BCUT2D eigenvalue weighted by Gasteiger charge is -2.06. The summed E-state index contributed by atoms with van der Waals surface area (Å²) in [5.41, 5.74) is 2.05. The number of nitriles is 1. The summed E-state index contributed by atoms with van der Waals surface area (Å²) in [5, 5.41) is 13.2. The SMILES string of the molecule is Cc1csc(=O)n1CCC(=O)Nc1ccc(C#N)cc1. The Bertz CT molecular complexity index is 707. The second-order valence-electron chi connectivity index (χ2n) is 4.28. The number of anilines is 1. The molecular formula is C14H13N3O2S. The first-order chi connectivity index (χ1) is 9.60. The number of hydrogen-bond donors (Lipinski definition) is 1. The summed E-state index contributed by atoms with van der Waals surface area (Å²) in [5.74, 6) is -0.160. The molecule has 1 heterocycles. The maximum Gasteiger partial charge on any atom is 0.307 e. The van der Waals surface area contributed by atoms with Crippen molar-refractivity contribution in [2.45, 2.75) is 19.9 Å². The van der Waals surface area contributed by atoms with Crippen LogP contribution >= 0.6 is 11.3 Å². The second-order valence-corrected chi connectivity index (χ2v) is 5.10. The van der Waals surface area contributed by atoms with E-state index in [4.69, 9.17) is 5.26 Å². The summed E-state index contributed by atoms with van der Waals surface area (Å²) in [4.78, 5) is 23.2. The molecule has 2 rings (SSSR count). The third-order valence-corrected chi connectivity index (χ3v) is 3.72. The van der Waals surface area contributed by atoms with Crippen molar-refractivity contribution in [2.75, 3.05) is 5.32 Å². The predicted molar refractivity (Wildman–Crippen MR) is 77.7 cm³/mol. The molecule has 1 aromatic carbocycles. The van der Waals surface area contributed by atoms with Crippen molar-refractivity contribution in [1.29, 1.82) is 5.26 Å². The van der Waals surface area contributed by atoms with Crippen LogP contribution in [-0.2, 0) is 11.3 Å². The van der Waals surface area contributed by atoms with E-state index in [1.54, 1.807) is 34.2 Å². The highest BCUT2D eigenvalue weighted by molar-refractivity contribution is 7.07. The van der Waals surface area contributed by atoms with Gasteiger partial charge in [0.2, 0.25) is 5.91 Å². The third-order valence-electron chi connectivity index (χ3n) is 2.84. The van der Waals surface area contributed by atoms with Gasteiger partial charge in [-0.25, -0.2) is 0 Å². The largest absolute Gasteiger partial charge is 0.326 e. The van der Waals surface area contributed by atoms with E-state index in [0.29, 0.717) is 17.8 Å². The molecule has 1 N–H and O–H groups in total. The van der Waals surface area contributed by atoms with Crippen molar-refractivity contribution in [1.82, 2.24) is 4.57 Å². The number of aromatic nitrogens is 1. The van der Waals surface area contributed by atoms with Crippen LogP contribution in [0, 0.1) is 18.3 Å². The minimum atomic E-state index is -0.160. The molecule has 1 amide bonds. The molecule has 0 atom stereocenters. The first-order valence-electron chi connectivity index (χ1n) is 6.05. The van der Waals surface area contributed by atoms with Gasteiger partial charge in [0.05, 0.1) is 11.6 Å². The summed E-state index contributed by atoms with van der Waals surface area (Å²) in [6, 6.07) is 8.66. The van der Waals surface area contributed by atoms with Crippen LogP contribution in [0.25, 0.3) is 0 Å². The predicted octanol–water partition coefficient (Wildman–Crippen LogP) is 2.12. The van der Waals surface area contributed by atoms with Gasteiger partial charge in [-0.3, -0.25) is 9.59 Å². The summed E-state index contributed by atoms with van der Waals surface area (Å²) in [7, 11) is 0. The zero-order valence-electron chi connectivity index (χ0n) is 10.9. The van der Waals surface area contributed by atoms with E-state index >= 15 is 0 Å². The van der Waals surface area contributed by atoms with Gasteiger partial charge in [0.15, 0.2) is 0 Å². The molecule has 0 spiro atoms. The standard InChI is InChI=1S/C14H13N3O2S/c1-10-9-20-14(19)17(10)7-6-13(18)16-12-4-2-11(8-15)3-5-12/h2-5,9H,6-7H2,1H3,(H,16,18). The fraction of sp³-hybridized carbons (Fsp3) is 0.214. The number of aryl methyl sites for hydroxylation is 1. The Morgan fingerprint density at radius 3 is 2.65 bits per heavy atom. The molecule has 2 aromatic rings. The van der Waals surface area contributed by atoms with Crippen molar-refractivity contribution in [2.24, 2.45) is 0 Å². The number of nitrogens with zero attached hydrogens (tertiary/aromatic N) is 2. The van der Waals surface area contributed by atoms with Crippen LogP contribution in [0.1, 0.15) is 17.7 Å². The molecule has 5 nitrogen and oxygen atoms in total. The Morgan fingerprint density at radius 1 is 1.40 bits per heavy atom. The van der Waals surface area contributed by atoms with Gasteiger partial charge in [0.1, 0.15) is 0 Å². The molecule has 0 unspecified atom stereocenters. The molecule has 0 saturated carbocycles. The first kappa shape index (κ1) is 14.0. The van der Waals surface area contributed by atoms with Gasteiger partial charge in [0, 0.05) is 29.7 Å². The van der Waals surface area contributed by atoms with Crippen LogP contribution in [0.4, 0.5) is 5.69 Å². The number of thiazole rings is 1. The lowest BCUT2D eigenvalue weighted by atomic mass is 10.2. The fourth-order valence-corrected chi connectivity index (χ4v) is 2.50. The maximum atomic E-state index is 11.8. The lowest BCUT2D eigenvalue weighted by molar-refractivity contribution is -0.116. The fourth-order valence-electron chi connectivity index (χ4n) is 1.74. The molecule has 20 heavy (non-hydrogen) atoms. The van der Waals surface area contributed by atoms with Gasteiger partial charge < -0.3 is 9.88 Å². The number of amides is 1. The quantitative estimate of drug-likeness (QED) is 0.936.